The third-order valence-corrected chi connectivity index (χ3v) is 3.29. The Bertz CT molecular complexity index is 556. The van der Waals surface area contributed by atoms with E-state index >= 15 is 0 Å². The SMILES string of the molecule is O=C(CC1CNC1)c1cccc2ncccc12. The molecule has 1 saturated heterocycles. The van der Waals surface area contributed by atoms with Crippen LogP contribution in [0.2, 0.25) is 0 Å². The maximum absolute atomic E-state index is 12.2. The third kappa shape index (κ3) is 1.94. The van der Waals surface area contributed by atoms with E-state index in [0.29, 0.717) is 12.3 Å². The van der Waals surface area contributed by atoms with Gasteiger partial charge < -0.3 is 5.32 Å². The van der Waals surface area contributed by atoms with Crippen LogP contribution in [0.4, 0.5) is 0 Å². The Morgan fingerprint density at radius 2 is 2.18 bits per heavy atom. The van der Waals surface area contributed by atoms with Crippen LogP contribution in [0.1, 0.15) is 16.8 Å². The lowest BCUT2D eigenvalue weighted by atomic mass is 9.92. The minimum absolute atomic E-state index is 0.232. The second-order valence-corrected chi connectivity index (χ2v) is 4.53. The largest absolute Gasteiger partial charge is 0.316 e. The number of nitrogens with zero attached hydrogens (tertiary/aromatic N) is 1. The first-order valence-electron chi connectivity index (χ1n) is 5.92. The highest BCUT2D eigenvalue weighted by atomic mass is 16.1. The molecule has 0 amide bonds. The lowest BCUT2D eigenvalue weighted by Crippen LogP contribution is -2.42. The van der Waals surface area contributed by atoms with Gasteiger partial charge in [0.25, 0.3) is 0 Å². The number of carbonyl (C=O) groups is 1. The minimum Gasteiger partial charge on any atom is -0.316 e. The van der Waals surface area contributed by atoms with Crippen LogP contribution in [0.25, 0.3) is 10.9 Å². The van der Waals surface area contributed by atoms with Crippen molar-refractivity contribution < 1.29 is 4.79 Å². The number of aromatic nitrogens is 1. The Morgan fingerprint density at radius 1 is 1.29 bits per heavy atom. The van der Waals surface area contributed by atoms with Gasteiger partial charge in [0.1, 0.15) is 0 Å². The van der Waals surface area contributed by atoms with Crippen molar-refractivity contribution in [3.63, 3.8) is 0 Å². The van der Waals surface area contributed by atoms with Gasteiger partial charge in [-0.1, -0.05) is 18.2 Å². The minimum atomic E-state index is 0.232. The van der Waals surface area contributed by atoms with Gasteiger partial charge >= 0.3 is 0 Å². The van der Waals surface area contributed by atoms with E-state index in [0.717, 1.165) is 29.6 Å². The van der Waals surface area contributed by atoms with Crippen molar-refractivity contribution in [3.8, 4) is 0 Å². The molecule has 86 valence electrons. The predicted octanol–water partition coefficient (Wildman–Crippen LogP) is 2.03. The number of Topliss-reactive ketones (excluding diaryl/α,β-unsaturated/α-hetero) is 1. The summed E-state index contributed by atoms with van der Waals surface area (Å²) in [6.07, 6.45) is 2.40. The predicted molar refractivity (Wildman–Crippen MR) is 67.1 cm³/mol. The first-order chi connectivity index (χ1) is 8.34. The molecule has 3 rings (SSSR count). The van der Waals surface area contributed by atoms with Crippen LogP contribution >= 0.6 is 0 Å². The second kappa shape index (κ2) is 4.26. The van der Waals surface area contributed by atoms with E-state index in [1.54, 1.807) is 6.20 Å². The number of carbonyl (C=O) groups excluding carboxylic acids is 1. The number of fused-ring (bicyclic) bond motifs is 1. The number of benzene rings is 1. The molecular formula is C14H14N2O. The summed E-state index contributed by atoms with van der Waals surface area (Å²) < 4.78 is 0. The van der Waals surface area contributed by atoms with Gasteiger partial charge in [-0.15, -0.1) is 0 Å². The van der Waals surface area contributed by atoms with Gasteiger partial charge in [0.15, 0.2) is 5.78 Å². The van der Waals surface area contributed by atoms with Crippen molar-refractivity contribution in [2.45, 2.75) is 6.42 Å². The van der Waals surface area contributed by atoms with Crippen LogP contribution in [0.3, 0.4) is 0 Å². The zero-order chi connectivity index (χ0) is 11.7. The smallest absolute Gasteiger partial charge is 0.163 e. The molecule has 1 N–H and O–H groups in total. The molecule has 0 aliphatic carbocycles. The molecule has 1 aromatic heterocycles. The molecule has 0 atom stereocenters. The average molecular weight is 226 g/mol. The van der Waals surface area contributed by atoms with Crippen LogP contribution in [0, 0.1) is 5.92 Å². The topological polar surface area (TPSA) is 42.0 Å². The zero-order valence-electron chi connectivity index (χ0n) is 9.52. The molecule has 0 bridgehead atoms. The Balaban J connectivity index is 1.95. The van der Waals surface area contributed by atoms with Crippen molar-refractivity contribution in [2.75, 3.05) is 13.1 Å². The maximum Gasteiger partial charge on any atom is 0.163 e. The highest BCUT2D eigenvalue weighted by Crippen LogP contribution is 2.20. The summed E-state index contributed by atoms with van der Waals surface area (Å²) in [6.45, 7) is 1.93. The van der Waals surface area contributed by atoms with Gasteiger partial charge in [-0.2, -0.15) is 0 Å². The molecule has 1 fully saturated rings. The standard InChI is InChI=1S/C14H14N2O/c17-14(7-10-8-15-9-10)12-3-1-5-13-11(12)4-2-6-16-13/h1-6,10,15H,7-9H2. The molecule has 1 aromatic carbocycles. The summed E-state index contributed by atoms with van der Waals surface area (Å²) in [6, 6.07) is 9.59. The molecule has 17 heavy (non-hydrogen) atoms. The molecule has 1 aliphatic heterocycles. The van der Waals surface area contributed by atoms with Gasteiger partial charge in [0.2, 0.25) is 0 Å². The van der Waals surface area contributed by atoms with E-state index in [-0.39, 0.29) is 5.78 Å². The maximum atomic E-state index is 12.2. The number of ketones is 1. The first-order valence-corrected chi connectivity index (χ1v) is 5.92. The fraction of sp³-hybridized carbons (Fsp3) is 0.286. The lowest BCUT2D eigenvalue weighted by Gasteiger charge is -2.26. The van der Waals surface area contributed by atoms with Crippen molar-refractivity contribution in [3.05, 3.63) is 42.1 Å². The summed E-state index contributed by atoms with van der Waals surface area (Å²) in [5, 5.41) is 4.16. The van der Waals surface area contributed by atoms with Crippen molar-refractivity contribution in [1.29, 1.82) is 0 Å². The molecule has 2 heterocycles. The molecule has 0 radical (unpaired) electrons. The molecule has 1 aliphatic rings. The highest BCUT2D eigenvalue weighted by molar-refractivity contribution is 6.07. The van der Waals surface area contributed by atoms with E-state index in [2.05, 4.69) is 10.3 Å². The fourth-order valence-corrected chi connectivity index (χ4v) is 2.21. The summed E-state index contributed by atoms with van der Waals surface area (Å²) in [5.41, 5.74) is 1.70. The Hall–Kier alpha value is -1.74. The Kier molecular flexibility index (Phi) is 2.61. The quantitative estimate of drug-likeness (QED) is 0.814. The van der Waals surface area contributed by atoms with E-state index in [1.165, 1.54) is 0 Å². The summed E-state index contributed by atoms with van der Waals surface area (Å²) >= 11 is 0. The zero-order valence-corrected chi connectivity index (χ0v) is 9.52. The molecule has 3 nitrogen and oxygen atoms in total. The van der Waals surface area contributed by atoms with E-state index < -0.39 is 0 Å². The van der Waals surface area contributed by atoms with Crippen LogP contribution in [0.15, 0.2) is 36.5 Å². The van der Waals surface area contributed by atoms with E-state index in [9.17, 15) is 4.79 Å². The molecule has 2 aromatic rings. The van der Waals surface area contributed by atoms with Crippen LogP contribution in [-0.2, 0) is 0 Å². The number of hydrogen-bond donors (Lipinski definition) is 1. The van der Waals surface area contributed by atoms with E-state index in [1.807, 2.05) is 30.3 Å². The molecule has 0 saturated carbocycles. The molecular weight excluding hydrogens is 212 g/mol. The van der Waals surface area contributed by atoms with Gasteiger partial charge in [-0.3, -0.25) is 9.78 Å². The number of nitrogens with one attached hydrogen (secondary N) is 1. The van der Waals surface area contributed by atoms with E-state index in [4.69, 9.17) is 0 Å². The average Bonchev–Trinajstić information content (AvgIpc) is 2.33. The highest BCUT2D eigenvalue weighted by Gasteiger charge is 2.21. The summed E-state index contributed by atoms with van der Waals surface area (Å²) in [7, 11) is 0. The Labute approximate surface area is 99.9 Å². The summed E-state index contributed by atoms with van der Waals surface area (Å²) in [4.78, 5) is 16.5. The van der Waals surface area contributed by atoms with Crippen LogP contribution in [0.5, 0.6) is 0 Å². The number of pyridine rings is 1. The third-order valence-electron chi connectivity index (χ3n) is 3.29. The van der Waals surface area contributed by atoms with Crippen molar-refractivity contribution >= 4 is 16.7 Å². The monoisotopic (exact) mass is 226 g/mol. The van der Waals surface area contributed by atoms with Gasteiger partial charge in [-0.05, 0) is 31.1 Å². The first kappa shape index (κ1) is 10.4. The second-order valence-electron chi connectivity index (χ2n) is 4.53. The van der Waals surface area contributed by atoms with Crippen molar-refractivity contribution in [2.24, 2.45) is 5.92 Å². The molecule has 0 spiro atoms. The molecule has 3 heteroatoms. The van der Waals surface area contributed by atoms with Crippen molar-refractivity contribution in [1.82, 2.24) is 10.3 Å². The van der Waals surface area contributed by atoms with Gasteiger partial charge in [0.05, 0.1) is 5.52 Å². The lowest BCUT2D eigenvalue weighted by molar-refractivity contribution is 0.0947. The summed E-state index contributed by atoms with van der Waals surface area (Å²) in [5.74, 6) is 0.740. The van der Waals surface area contributed by atoms with Gasteiger partial charge in [-0.25, -0.2) is 0 Å². The Morgan fingerprint density at radius 3 is 2.94 bits per heavy atom. The molecule has 0 unspecified atom stereocenters. The van der Waals surface area contributed by atoms with Gasteiger partial charge in [0, 0.05) is 23.6 Å². The van der Waals surface area contributed by atoms with Crippen LogP contribution < -0.4 is 5.32 Å². The normalized spacial score (nSPS) is 15.8. The number of hydrogen-bond acceptors (Lipinski definition) is 3. The fourth-order valence-electron chi connectivity index (χ4n) is 2.21. The number of rotatable bonds is 3. The van der Waals surface area contributed by atoms with Crippen LogP contribution in [-0.4, -0.2) is 23.9 Å².